The Morgan fingerprint density at radius 3 is 2.79 bits per heavy atom. The van der Waals surface area contributed by atoms with Crippen LogP contribution in [0.3, 0.4) is 0 Å². The second kappa shape index (κ2) is 6.60. The van der Waals surface area contributed by atoms with E-state index in [9.17, 15) is 4.79 Å². The molecule has 1 aliphatic carbocycles. The summed E-state index contributed by atoms with van der Waals surface area (Å²) in [5.41, 5.74) is 1.14. The summed E-state index contributed by atoms with van der Waals surface area (Å²) in [4.78, 5) is 12.2. The van der Waals surface area contributed by atoms with Crippen molar-refractivity contribution in [3.63, 3.8) is 0 Å². The lowest BCUT2D eigenvalue weighted by Gasteiger charge is -2.20. The molecule has 1 N–H and O–H groups in total. The van der Waals surface area contributed by atoms with E-state index in [4.69, 9.17) is 4.74 Å². The van der Waals surface area contributed by atoms with Gasteiger partial charge in [0.25, 0.3) is 5.91 Å². The fourth-order valence-corrected chi connectivity index (χ4v) is 2.54. The van der Waals surface area contributed by atoms with E-state index in [0.717, 1.165) is 24.2 Å². The molecule has 0 aliphatic heterocycles. The van der Waals surface area contributed by atoms with E-state index < -0.39 is 0 Å². The lowest BCUT2D eigenvalue weighted by atomic mass is 10.2. The number of rotatable bonds is 5. The summed E-state index contributed by atoms with van der Waals surface area (Å²) in [7, 11) is 0. The van der Waals surface area contributed by atoms with Crippen molar-refractivity contribution in [1.82, 2.24) is 5.32 Å². The molecule has 1 amide bonds. The average molecular weight is 261 g/mol. The Hall–Kier alpha value is -1.51. The number of hydrogen-bond acceptors (Lipinski definition) is 2. The van der Waals surface area contributed by atoms with E-state index in [0.29, 0.717) is 12.5 Å². The maximum absolute atomic E-state index is 12.2. The van der Waals surface area contributed by atoms with Crippen LogP contribution in [0.5, 0.6) is 5.75 Å². The number of ether oxygens (including phenoxy) is 1. The fourth-order valence-electron chi connectivity index (χ4n) is 2.54. The zero-order valence-corrected chi connectivity index (χ0v) is 11.8. The van der Waals surface area contributed by atoms with Crippen LogP contribution < -0.4 is 10.1 Å². The van der Waals surface area contributed by atoms with E-state index in [1.165, 1.54) is 12.8 Å². The number of carbonyl (C=O) groups is 1. The number of hydrogen-bond donors (Lipinski definition) is 1. The number of benzene rings is 1. The van der Waals surface area contributed by atoms with Gasteiger partial charge < -0.3 is 10.1 Å². The topological polar surface area (TPSA) is 38.3 Å². The number of nitrogens with one attached hydrogen (secondary N) is 1. The van der Waals surface area contributed by atoms with Crippen LogP contribution in [0.2, 0.25) is 0 Å². The minimum Gasteiger partial charge on any atom is -0.481 e. The molecule has 0 spiro atoms. The molecule has 1 unspecified atom stereocenters. The molecule has 104 valence electrons. The summed E-state index contributed by atoms with van der Waals surface area (Å²) in [6, 6.07) is 8.19. The molecular formula is C16H23NO2. The van der Waals surface area contributed by atoms with E-state index in [2.05, 4.69) is 5.32 Å². The minimum absolute atomic E-state index is 0.0240. The molecule has 1 aromatic rings. The van der Waals surface area contributed by atoms with E-state index in [1.807, 2.05) is 38.1 Å². The Morgan fingerprint density at radius 1 is 1.42 bits per heavy atom. The second-order valence-corrected chi connectivity index (χ2v) is 5.32. The van der Waals surface area contributed by atoms with Crippen LogP contribution in [0.25, 0.3) is 0 Å². The highest BCUT2D eigenvalue weighted by molar-refractivity contribution is 5.81. The maximum Gasteiger partial charge on any atom is 0.261 e. The molecule has 0 heterocycles. The van der Waals surface area contributed by atoms with Gasteiger partial charge in [-0.25, -0.2) is 0 Å². The highest BCUT2D eigenvalue weighted by Crippen LogP contribution is 2.19. The monoisotopic (exact) mass is 261 g/mol. The van der Waals surface area contributed by atoms with Crippen molar-refractivity contribution in [1.29, 1.82) is 0 Å². The van der Waals surface area contributed by atoms with Gasteiger partial charge in [-0.1, -0.05) is 31.9 Å². The largest absolute Gasteiger partial charge is 0.481 e. The summed E-state index contributed by atoms with van der Waals surface area (Å²) in [5, 5.41) is 3.10. The number of amides is 1. The molecule has 19 heavy (non-hydrogen) atoms. The highest BCUT2D eigenvalue weighted by Gasteiger charge is 2.23. The zero-order valence-electron chi connectivity index (χ0n) is 11.8. The molecule has 1 aromatic carbocycles. The molecule has 1 atom stereocenters. The van der Waals surface area contributed by atoms with Gasteiger partial charge >= 0.3 is 0 Å². The van der Waals surface area contributed by atoms with Gasteiger partial charge in [0, 0.05) is 6.04 Å². The smallest absolute Gasteiger partial charge is 0.261 e. The Kier molecular flexibility index (Phi) is 4.83. The zero-order chi connectivity index (χ0) is 13.7. The van der Waals surface area contributed by atoms with Crippen LogP contribution in [0.4, 0.5) is 0 Å². The van der Waals surface area contributed by atoms with Gasteiger partial charge in [-0.2, -0.15) is 0 Å². The minimum atomic E-state index is -0.387. The molecule has 2 rings (SSSR count). The predicted octanol–water partition coefficient (Wildman–Crippen LogP) is 3.21. The molecular weight excluding hydrogens is 238 g/mol. The summed E-state index contributed by atoms with van der Waals surface area (Å²) < 4.78 is 5.80. The summed E-state index contributed by atoms with van der Waals surface area (Å²) in [6.07, 6.45) is 4.95. The van der Waals surface area contributed by atoms with Crippen LogP contribution in [0.15, 0.2) is 24.3 Å². The lowest BCUT2D eigenvalue weighted by molar-refractivity contribution is -0.128. The Morgan fingerprint density at radius 2 is 2.16 bits per heavy atom. The van der Waals surface area contributed by atoms with Gasteiger partial charge in [0.2, 0.25) is 0 Å². The van der Waals surface area contributed by atoms with Gasteiger partial charge in [-0.15, -0.1) is 0 Å². The van der Waals surface area contributed by atoms with Crippen molar-refractivity contribution in [2.75, 3.05) is 0 Å². The van der Waals surface area contributed by atoms with Crippen molar-refractivity contribution >= 4 is 5.91 Å². The van der Waals surface area contributed by atoms with E-state index >= 15 is 0 Å². The van der Waals surface area contributed by atoms with E-state index in [-0.39, 0.29) is 12.0 Å². The predicted molar refractivity (Wildman–Crippen MR) is 76.3 cm³/mol. The molecule has 0 saturated heterocycles. The quantitative estimate of drug-likeness (QED) is 0.884. The molecule has 1 fully saturated rings. The van der Waals surface area contributed by atoms with Crippen molar-refractivity contribution in [3.05, 3.63) is 29.8 Å². The van der Waals surface area contributed by atoms with Gasteiger partial charge in [-0.3, -0.25) is 4.79 Å². The second-order valence-electron chi connectivity index (χ2n) is 5.32. The Balaban J connectivity index is 1.93. The van der Waals surface area contributed by atoms with Crippen LogP contribution in [-0.2, 0) is 4.79 Å². The summed E-state index contributed by atoms with van der Waals surface area (Å²) in [5.74, 6) is 0.796. The first-order valence-corrected chi connectivity index (χ1v) is 7.22. The van der Waals surface area contributed by atoms with Crippen molar-refractivity contribution in [2.24, 2.45) is 0 Å². The van der Waals surface area contributed by atoms with Crippen molar-refractivity contribution in [2.45, 2.75) is 58.1 Å². The van der Waals surface area contributed by atoms with Gasteiger partial charge in [0.05, 0.1) is 0 Å². The van der Waals surface area contributed by atoms with Gasteiger partial charge in [0.1, 0.15) is 5.75 Å². The van der Waals surface area contributed by atoms with Gasteiger partial charge in [0.15, 0.2) is 6.10 Å². The van der Waals surface area contributed by atoms with Crippen molar-refractivity contribution < 1.29 is 9.53 Å². The standard InChI is InChI=1S/C16H23NO2/c1-3-15(16(18)17-13-8-4-5-9-13)19-14-10-6-7-12(2)11-14/h6-7,10-11,13,15H,3-5,8-9H2,1-2H3,(H,17,18). The molecule has 1 saturated carbocycles. The summed E-state index contributed by atoms with van der Waals surface area (Å²) in [6.45, 7) is 4.00. The Bertz CT molecular complexity index is 425. The highest BCUT2D eigenvalue weighted by atomic mass is 16.5. The van der Waals surface area contributed by atoms with Crippen LogP contribution in [0, 0.1) is 6.92 Å². The average Bonchev–Trinajstić information content (AvgIpc) is 2.88. The maximum atomic E-state index is 12.2. The summed E-state index contributed by atoms with van der Waals surface area (Å²) >= 11 is 0. The molecule has 0 radical (unpaired) electrons. The van der Waals surface area contributed by atoms with Crippen LogP contribution >= 0.6 is 0 Å². The normalized spacial score (nSPS) is 17.2. The molecule has 1 aliphatic rings. The SMILES string of the molecule is CCC(Oc1cccc(C)c1)C(=O)NC1CCCC1. The van der Waals surface area contributed by atoms with E-state index in [1.54, 1.807) is 0 Å². The number of carbonyl (C=O) groups excluding carboxylic acids is 1. The molecule has 0 bridgehead atoms. The molecule has 0 aromatic heterocycles. The van der Waals surface area contributed by atoms with Crippen LogP contribution in [-0.4, -0.2) is 18.1 Å². The fraction of sp³-hybridized carbons (Fsp3) is 0.562. The first-order valence-electron chi connectivity index (χ1n) is 7.22. The first kappa shape index (κ1) is 13.9. The first-order chi connectivity index (χ1) is 9.19. The molecule has 3 nitrogen and oxygen atoms in total. The third kappa shape index (κ3) is 3.98. The van der Waals surface area contributed by atoms with Gasteiger partial charge in [-0.05, 0) is 43.9 Å². The third-order valence-corrected chi connectivity index (χ3v) is 3.63. The lowest BCUT2D eigenvalue weighted by Crippen LogP contribution is -2.42. The number of aryl methyl sites for hydroxylation is 1. The Labute approximate surface area is 115 Å². The van der Waals surface area contributed by atoms with Crippen LogP contribution in [0.1, 0.15) is 44.6 Å². The van der Waals surface area contributed by atoms with Crippen molar-refractivity contribution in [3.8, 4) is 5.75 Å². The molecule has 3 heteroatoms. The third-order valence-electron chi connectivity index (χ3n) is 3.63.